The zero-order chi connectivity index (χ0) is 6.73. The predicted octanol–water partition coefficient (Wildman–Crippen LogP) is 0.827. The second kappa shape index (κ2) is 4.44. The molecule has 0 fully saturated rings. The van der Waals surface area contributed by atoms with Crippen molar-refractivity contribution in [2.45, 2.75) is 19.9 Å². The van der Waals surface area contributed by atoms with E-state index in [0.29, 0.717) is 0 Å². The molecule has 3 nitrogen and oxygen atoms in total. The Balaban J connectivity index is 0. The highest BCUT2D eigenvalue weighted by Gasteiger charge is 2.04. The number of halogens is 1. The van der Waals surface area contributed by atoms with Gasteiger partial charge in [-0.05, 0) is 13.8 Å². The average molecular weight is 153 g/mol. The highest BCUT2D eigenvalue weighted by Crippen LogP contribution is 1.89. The third-order valence-electron chi connectivity index (χ3n) is 1.12. The van der Waals surface area contributed by atoms with Crippen LogP contribution >= 0.6 is 12.4 Å². The van der Waals surface area contributed by atoms with E-state index in [1.165, 1.54) is 4.90 Å². The summed E-state index contributed by atoms with van der Waals surface area (Å²) >= 11 is 0. The lowest BCUT2D eigenvalue weighted by molar-refractivity contribution is 0.207. The first-order valence-corrected chi connectivity index (χ1v) is 2.58. The first kappa shape index (κ1) is 11.4. The van der Waals surface area contributed by atoms with Gasteiger partial charge in [-0.25, -0.2) is 4.79 Å². The maximum absolute atomic E-state index is 10.3. The number of rotatable bonds is 1. The van der Waals surface area contributed by atoms with E-state index in [1.54, 1.807) is 7.05 Å². The number of carbonyl (C=O) groups is 1. The Hall–Kier alpha value is -0.440. The van der Waals surface area contributed by atoms with Gasteiger partial charge in [-0.15, -0.1) is 12.4 Å². The zero-order valence-electron chi connectivity index (χ0n) is 5.92. The molecule has 0 bridgehead atoms. The number of hydrogen-bond donors (Lipinski definition) is 1. The fourth-order valence-corrected chi connectivity index (χ4v) is 0.254. The molecular formula is C5H13ClN2O. The molecule has 0 aromatic heterocycles. The van der Waals surface area contributed by atoms with Crippen molar-refractivity contribution >= 4 is 18.4 Å². The summed E-state index contributed by atoms with van der Waals surface area (Å²) in [6.45, 7) is 3.82. The number of amides is 2. The summed E-state index contributed by atoms with van der Waals surface area (Å²) in [6, 6.07) is -0.174. The van der Waals surface area contributed by atoms with E-state index in [9.17, 15) is 4.79 Å². The Morgan fingerprint density at radius 1 is 1.56 bits per heavy atom. The molecule has 0 aliphatic heterocycles. The van der Waals surface area contributed by atoms with Crippen molar-refractivity contribution < 1.29 is 4.79 Å². The zero-order valence-corrected chi connectivity index (χ0v) is 6.73. The van der Waals surface area contributed by atoms with Crippen molar-refractivity contribution in [1.29, 1.82) is 0 Å². The van der Waals surface area contributed by atoms with E-state index in [4.69, 9.17) is 5.73 Å². The first-order chi connectivity index (χ1) is 3.55. The van der Waals surface area contributed by atoms with Crippen molar-refractivity contribution in [2.75, 3.05) is 7.05 Å². The molecule has 56 valence electrons. The Morgan fingerprint density at radius 3 is 1.89 bits per heavy atom. The number of nitrogens with zero attached hydrogens (tertiary/aromatic N) is 1. The third-order valence-corrected chi connectivity index (χ3v) is 1.12. The van der Waals surface area contributed by atoms with Crippen molar-refractivity contribution in [3.8, 4) is 0 Å². The highest BCUT2D eigenvalue weighted by molar-refractivity contribution is 5.85. The van der Waals surface area contributed by atoms with E-state index >= 15 is 0 Å². The summed E-state index contributed by atoms with van der Waals surface area (Å²) in [5.41, 5.74) is 4.92. The fourth-order valence-electron chi connectivity index (χ4n) is 0.254. The van der Waals surface area contributed by atoms with Crippen molar-refractivity contribution in [3.05, 3.63) is 0 Å². The van der Waals surface area contributed by atoms with Crippen LogP contribution in [-0.4, -0.2) is 24.0 Å². The van der Waals surface area contributed by atoms with Gasteiger partial charge in [-0.3, -0.25) is 0 Å². The van der Waals surface area contributed by atoms with Crippen LogP contribution in [0.4, 0.5) is 4.79 Å². The van der Waals surface area contributed by atoms with Gasteiger partial charge in [0.2, 0.25) is 0 Å². The van der Waals surface area contributed by atoms with Crippen molar-refractivity contribution in [2.24, 2.45) is 5.73 Å². The molecule has 0 saturated carbocycles. The van der Waals surface area contributed by atoms with Crippen LogP contribution in [0, 0.1) is 0 Å². The van der Waals surface area contributed by atoms with Crippen LogP contribution in [0.1, 0.15) is 13.8 Å². The largest absolute Gasteiger partial charge is 0.351 e. The molecule has 0 aromatic carbocycles. The third kappa shape index (κ3) is 4.09. The Bertz CT molecular complexity index is 95.0. The summed E-state index contributed by atoms with van der Waals surface area (Å²) in [5, 5.41) is 0. The molecule has 0 atom stereocenters. The van der Waals surface area contributed by atoms with E-state index < -0.39 is 0 Å². The van der Waals surface area contributed by atoms with Crippen molar-refractivity contribution in [3.63, 3.8) is 0 Å². The van der Waals surface area contributed by atoms with Crippen LogP contribution in [-0.2, 0) is 0 Å². The maximum Gasteiger partial charge on any atom is 0.314 e. The molecule has 0 spiro atoms. The number of primary amides is 1. The summed E-state index contributed by atoms with van der Waals surface area (Å²) in [6.07, 6.45) is 0. The van der Waals surface area contributed by atoms with Crippen LogP contribution in [0.3, 0.4) is 0 Å². The highest BCUT2D eigenvalue weighted by atomic mass is 35.5. The number of carbonyl (C=O) groups excluding carboxylic acids is 1. The van der Waals surface area contributed by atoms with E-state index in [1.807, 2.05) is 13.8 Å². The minimum Gasteiger partial charge on any atom is -0.351 e. The van der Waals surface area contributed by atoms with E-state index in [2.05, 4.69) is 0 Å². The van der Waals surface area contributed by atoms with Crippen LogP contribution in [0.2, 0.25) is 0 Å². The SMILES string of the molecule is CC(C)N(C)C(N)=O.Cl. The summed E-state index contributed by atoms with van der Waals surface area (Å²) in [5.74, 6) is 0. The maximum atomic E-state index is 10.3. The van der Waals surface area contributed by atoms with E-state index in [-0.39, 0.29) is 24.5 Å². The lowest BCUT2D eigenvalue weighted by Crippen LogP contribution is -2.37. The smallest absolute Gasteiger partial charge is 0.314 e. The molecule has 0 heterocycles. The fraction of sp³-hybridized carbons (Fsp3) is 0.800. The van der Waals surface area contributed by atoms with Gasteiger partial charge in [0, 0.05) is 13.1 Å². The minimum absolute atomic E-state index is 0. The van der Waals surface area contributed by atoms with Gasteiger partial charge in [0.1, 0.15) is 0 Å². The normalized spacial score (nSPS) is 8.44. The number of nitrogens with two attached hydrogens (primary N) is 1. The monoisotopic (exact) mass is 152 g/mol. The Morgan fingerprint density at radius 2 is 1.89 bits per heavy atom. The van der Waals surface area contributed by atoms with E-state index in [0.717, 1.165) is 0 Å². The summed E-state index contributed by atoms with van der Waals surface area (Å²) < 4.78 is 0. The first-order valence-electron chi connectivity index (χ1n) is 2.58. The molecule has 0 aliphatic carbocycles. The summed E-state index contributed by atoms with van der Waals surface area (Å²) in [4.78, 5) is 11.8. The molecule has 4 heteroatoms. The quantitative estimate of drug-likeness (QED) is 0.595. The van der Waals surface area contributed by atoms with Gasteiger partial charge in [0.15, 0.2) is 0 Å². The van der Waals surface area contributed by atoms with Gasteiger partial charge < -0.3 is 10.6 Å². The van der Waals surface area contributed by atoms with Gasteiger partial charge in [0.05, 0.1) is 0 Å². The van der Waals surface area contributed by atoms with Gasteiger partial charge >= 0.3 is 6.03 Å². The standard InChI is InChI=1S/C5H12N2O.ClH/c1-4(2)7(3)5(6)8;/h4H,1-3H3,(H2,6,8);1H. The molecular weight excluding hydrogens is 140 g/mol. The van der Waals surface area contributed by atoms with Crippen molar-refractivity contribution in [1.82, 2.24) is 4.90 Å². The Kier molecular flexibility index (Phi) is 5.61. The molecule has 0 radical (unpaired) electrons. The van der Waals surface area contributed by atoms with Gasteiger partial charge in [-0.1, -0.05) is 0 Å². The van der Waals surface area contributed by atoms with Crippen LogP contribution < -0.4 is 5.73 Å². The lowest BCUT2D eigenvalue weighted by Gasteiger charge is -2.17. The van der Waals surface area contributed by atoms with Gasteiger partial charge in [0.25, 0.3) is 0 Å². The van der Waals surface area contributed by atoms with Crippen LogP contribution in [0.5, 0.6) is 0 Å². The molecule has 9 heavy (non-hydrogen) atoms. The lowest BCUT2D eigenvalue weighted by atomic mass is 10.4. The number of hydrogen-bond acceptors (Lipinski definition) is 1. The molecule has 0 unspecified atom stereocenters. The molecule has 0 aliphatic rings. The second-order valence-electron chi connectivity index (χ2n) is 2.04. The molecule has 2 N–H and O–H groups in total. The molecule has 0 aromatic rings. The molecule has 2 amide bonds. The topological polar surface area (TPSA) is 46.3 Å². The van der Waals surface area contributed by atoms with Crippen LogP contribution in [0.25, 0.3) is 0 Å². The molecule has 0 rings (SSSR count). The summed E-state index contributed by atoms with van der Waals surface area (Å²) in [7, 11) is 1.67. The van der Waals surface area contributed by atoms with Crippen LogP contribution in [0.15, 0.2) is 0 Å². The number of urea groups is 1. The Labute approximate surface area is 61.6 Å². The van der Waals surface area contributed by atoms with Gasteiger partial charge in [-0.2, -0.15) is 0 Å². The minimum atomic E-state index is -0.375. The predicted molar refractivity (Wildman–Crippen MR) is 39.7 cm³/mol. The average Bonchev–Trinajstić information content (AvgIpc) is 1.64. The second-order valence-corrected chi connectivity index (χ2v) is 2.04. The molecule has 0 saturated heterocycles.